The van der Waals surface area contributed by atoms with Crippen molar-refractivity contribution >= 4 is 5.91 Å². The van der Waals surface area contributed by atoms with Gasteiger partial charge < -0.3 is 10.8 Å². The van der Waals surface area contributed by atoms with Crippen LogP contribution >= 0.6 is 0 Å². The zero-order chi connectivity index (χ0) is 13.0. The molecule has 0 bridgehead atoms. The molecule has 2 rings (SSSR count). The third-order valence-corrected chi connectivity index (χ3v) is 2.99. The Bertz CT molecular complexity index is 537. The van der Waals surface area contributed by atoms with E-state index in [1.165, 1.54) is 0 Å². The van der Waals surface area contributed by atoms with Crippen molar-refractivity contribution in [3.63, 3.8) is 0 Å². The van der Waals surface area contributed by atoms with E-state index >= 15 is 0 Å². The van der Waals surface area contributed by atoms with Crippen molar-refractivity contribution in [3.05, 3.63) is 71.3 Å². The van der Waals surface area contributed by atoms with Gasteiger partial charge in [0.1, 0.15) is 0 Å². The monoisotopic (exact) mass is 241 g/mol. The highest BCUT2D eigenvalue weighted by atomic mass is 16.3. The van der Waals surface area contributed by atoms with E-state index in [4.69, 9.17) is 5.73 Å². The number of carbonyl (C=O) groups excluding carboxylic acids is 1. The van der Waals surface area contributed by atoms with Crippen LogP contribution in [0.3, 0.4) is 0 Å². The highest BCUT2D eigenvalue weighted by Gasteiger charge is 2.18. The maximum atomic E-state index is 11.4. The summed E-state index contributed by atoms with van der Waals surface area (Å²) in [7, 11) is 0. The molecular weight excluding hydrogens is 226 g/mol. The maximum Gasteiger partial charge on any atom is 0.249 e. The smallest absolute Gasteiger partial charge is 0.249 e. The maximum absolute atomic E-state index is 11.4. The molecule has 2 aromatic carbocycles. The van der Waals surface area contributed by atoms with Crippen molar-refractivity contribution < 1.29 is 9.90 Å². The molecule has 3 heteroatoms. The van der Waals surface area contributed by atoms with Crippen LogP contribution < -0.4 is 5.73 Å². The van der Waals surface area contributed by atoms with E-state index in [0.717, 1.165) is 11.1 Å². The molecule has 0 saturated carbocycles. The van der Waals surface area contributed by atoms with E-state index in [2.05, 4.69) is 0 Å². The second kappa shape index (κ2) is 5.47. The van der Waals surface area contributed by atoms with Crippen LogP contribution in [0.15, 0.2) is 54.6 Å². The summed E-state index contributed by atoms with van der Waals surface area (Å²) in [6.45, 7) is -0.0612. The molecule has 0 heterocycles. The Morgan fingerprint density at radius 1 is 1.06 bits per heavy atom. The largest absolute Gasteiger partial charge is 0.395 e. The number of benzene rings is 2. The number of aliphatic hydroxyl groups excluding tert-OH is 1. The fourth-order valence-electron chi connectivity index (χ4n) is 2.09. The quantitative estimate of drug-likeness (QED) is 0.858. The van der Waals surface area contributed by atoms with Gasteiger partial charge in [-0.05, 0) is 17.2 Å². The molecule has 0 aliphatic carbocycles. The number of primary amides is 1. The fraction of sp³-hybridized carbons (Fsp3) is 0.133. The summed E-state index contributed by atoms with van der Waals surface area (Å²) >= 11 is 0. The zero-order valence-electron chi connectivity index (χ0n) is 9.91. The van der Waals surface area contributed by atoms with Gasteiger partial charge in [-0.15, -0.1) is 0 Å². The molecule has 18 heavy (non-hydrogen) atoms. The topological polar surface area (TPSA) is 63.3 Å². The van der Waals surface area contributed by atoms with Crippen molar-refractivity contribution in [1.29, 1.82) is 0 Å². The Hall–Kier alpha value is -2.13. The van der Waals surface area contributed by atoms with Crippen molar-refractivity contribution in [2.75, 3.05) is 6.61 Å². The molecule has 3 N–H and O–H groups in total. The average Bonchev–Trinajstić information content (AvgIpc) is 2.41. The van der Waals surface area contributed by atoms with E-state index in [0.29, 0.717) is 5.56 Å². The lowest BCUT2D eigenvalue weighted by molar-refractivity contribution is 0.0999. The molecular formula is C15H15NO2. The van der Waals surface area contributed by atoms with Gasteiger partial charge in [0.05, 0.1) is 6.61 Å². The van der Waals surface area contributed by atoms with Gasteiger partial charge in [-0.2, -0.15) is 0 Å². The molecule has 92 valence electrons. The highest BCUT2D eigenvalue weighted by Crippen LogP contribution is 2.26. The summed E-state index contributed by atoms with van der Waals surface area (Å²) in [5.41, 5.74) is 7.55. The lowest BCUT2D eigenvalue weighted by atomic mass is 9.88. The van der Waals surface area contributed by atoms with Crippen LogP contribution in [-0.2, 0) is 0 Å². The van der Waals surface area contributed by atoms with Crippen molar-refractivity contribution in [2.45, 2.75) is 5.92 Å². The molecule has 0 aliphatic rings. The van der Waals surface area contributed by atoms with Crippen LogP contribution in [-0.4, -0.2) is 17.6 Å². The lowest BCUT2D eigenvalue weighted by Gasteiger charge is -2.17. The van der Waals surface area contributed by atoms with E-state index in [9.17, 15) is 9.90 Å². The van der Waals surface area contributed by atoms with Gasteiger partial charge in [0.15, 0.2) is 0 Å². The second-order valence-electron chi connectivity index (χ2n) is 4.10. The third kappa shape index (κ3) is 2.41. The third-order valence-electron chi connectivity index (χ3n) is 2.99. The predicted octanol–water partition coefficient (Wildman–Crippen LogP) is 1.91. The van der Waals surface area contributed by atoms with Gasteiger partial charge in [0.25, 0.3) is 0 Å². The molecule has 1 amide bonds. The number of hydrogen-bond donors (Lipinski definition) is 2. The highest BCUT2D eigenvalue weighted by molar-refractivity contribution is 5.94. The molecule has 0 aliphatic heterocycles. The fourth-order valence-corrected chi connectivity index (χ4v) is 2.09. The van der Waals surface area contributed by atoms with Crippen LogP contribution in [0.4, 0.5) is 0 Å². The number of amides is 1. The SMILES string of the molecule is NC(=O)c1ccccc1[C@@H](CO)c1ccccc1. The molecule has 0 unspecified atom stereocenters. The summed E-state index contributed by atoms with van der Waals surface area (Å²) in [6.07, 6.45) is 0. The normalized spacial score (nSPS) is 12.1. The summed E-state index contributed by atoms with van der Waals surface area (Å²) in [6, 6.07) is 16.7. The van der Waals surface area contributed by atoms with Gasteiger partial charge in [-0.1, -0.05) is 48.5 Å². The first kappa shape index (κ1) is 12.3. The number of carbonyl (C=O) groups is 1. The minimum atomic E-state index is -0.472. The molecule has 0 fully saturated rings. The van der Waals surface area contributed by atoms with Gasteiger partial charge >= 0.3 is 0 Å². The van der Waals surface area contributed by atoms with Crippen molar-refractivity contribution in [3.8, 4) is 0 Å². The van der Waals surface area contributed by atoms with Crippen LogP contribution in [0.25, 0.3) is 0 Å². The lowest BCUT2D eigenvalue weighted by Crippen LogP contribution is -2.17. The van der Waals surface area contributed by atoms with E-state index < -0.39 is 5.91 Å². The molecule has 0 radical (unpaired) electrons. The van der Waals surface area contributed by atoms with Crippen LogP contribution in [0.1, 0.15) is 27.4 Å². The van der Waals surface area contributed by atoms with Gasteiger partial charge in [0, 0.05) is 11.5 Å². The Morgan fingerprint density at radius 2 is 1.67 bits per heavy atom. The first-order valence-corrected chi connectivity index (χ1v) is 5.78. The molecule has 1 atom stereocenters. The van der Waals surface area contributed by atoms with Crippen LogP contribution in [0.5, 0.6) is 0 Å². The van der Waals surface area contributed by atoms with E-state index in [-0.39, 0.29) is 12.5 Å². The van der Waals surface area contributed by atoms with Gasteiger partial charge in [-0.25, -0.2) is 0 Å². The number of nitrogens with two attached hydrogens (primary N) is 1. The summed E-state index contributed by atoms with van der Waals surface area (Å²) < 4.78 is 0. The molecule has 2 aromatic rings. The zero-order valence-corrected chi connectivity index (χ0v) is 9.91. The Morgan fingerprint density at radius 3 is 2.28 bits per heavy atom. The predicted molar refractivity (Wildman–Crippen MR) is 70.3 cm³/mol. The van der Waals surface area contributed by atoms with Crippen LogP contribution in [0, 0.1) is 0 Å². The number of rotatable bonds is 4. The Balaban J connectivity index is 2.49. The van der Waals surface area contributed by atoms with Gasteiger partial charge in [0.2, 0.25) is 5.91 Å². The molecule has 0 aromatic heterocycles. The summed E-state index contributed by atoms with van der Waals surface area (Å²) in [4.78, 5) is 11.4. The minimum absolute atomic E-state index is 0.0612. The van der Waals surface area contributed by atoms with Crippen LogP contribution in [0.2, 0.25) is 0 Å². The average molecular weight is 241 g/mol. The van der Waals surface area contributed by atoms with Crippen molar-refractivity contribution in [1.82, 2.24) is 0 Å². The Labute approximate surface area is 106 Å². The van der Waals surface area contributed by atoms with E-state index in [1.807, 2.05) is 42.5 Å². The van der Waals surface area contributed by atoms with Crippen molar-refractivity contribution in [2.24, 2.45) is 5.73 Å². The Kier molecular flexibility index (Phi) is 3.75. The molecule has 0 saturated heterocycles. The standard InChI is InChI=1S/C15H15NO2/c16-15(18)13-9-5-4-8-12(13)14(10-17)11-6-2-1-3-7-11/h1-9,14,17H,10H2,(H2,16,18)/t14-/m0/s1. The summed E-state index contributed by atoms with van der Waals surface area (Å²) in [5, 5.41) is 9.59. The minimum Gasteiger partial charge on any atom is -0.395 e. The first-order valence-electron chi connectivity index (χ1n) is 5.78. The van der Waals surface area contributed by atoms with Gasteiger partial charge in [-0.3, -0.25) is 4.79 Å². The summed E-state index contributed by atoms with van der Waals surface area (Å²) in [5.74, 6) is -0.699. The molecule has 0 spiro atoms. The van der Waals surface area contributed by atoms with E-state index in [1.54, 1.807) is 12.1 Å². The number of hydrogen-bond acceptors (Lipinski definition) is 2. The second-order valence-corrected chi connectivity index (χ2v) is 4.10. The first-order chi connectivity index (χ1) is 8.74. The number of aliphatic hydroxyl groups is 1. The molecule has 3 nitrogen and oxygen atoms in total.